The van der Waals surface area contributed by atoms with Gasteiger partial charge in [-0.05, 0) is 31.0 Å². The molecule has 19 heavy (non-hydrogen) atoms. The molecule has 0 fully saturated rings. The number of halogens is 2. The molecule has 0 saturated carbocycles. The van der Waals surface area contributed by atoms with Gasteiger partial charge in [-0.25, -0.2) is 0 Å². The van der Waals surface area contributed by atoms with E-state index < -0.39 is 0 Å². The number of fused-ring (bicyclic) bond motifs is 1. The highest BCUT2D eigenvalue weighted by molar-refractivity contribution is 9.10. The third-order valence-corrected chi connectivity index (χ3v) is 4.12. The summed E-state index contributed by atoms with van der Waals surface area (Å²) in [5, 5.41) is 12.5. The second kappa shape index (κ2) is 5.51. The molecule has 0 spiro atoms. The topological polar surface area (TPSA) is 42.7 Å². The lowest BCUT2D eigenvalue weighted by Crippen LogP contribution is -2.15. The van der Waals surface area contributed by atoms with Gasteiger partial charge in [0.2, 0.25) is 0 Å². The summed E-state index contributed by atoms with van der Waals surface area (Å²) in [6.07, 6.45) is 3.45. The molecule has 100 valence electrons. The Morgan fingerprint density at radius 1 is 1.32 bits per heavy atom. The molecule has 0 bridgehead atoms. The summed E-state index contributed by atoms with van der Waals surface area (Å²) >= 11 is 9.60. The van der Waals surface area contributed by atoms with Crippen molar-refractivity contribution < 1.29 is 0 Å². The van der Waals surface area contributed by atoms with E-state index in [4.69, 9.17) is 11.6 Å². The van der Waals surface area contributed by atoms with Gasteiger partial charge in [0.1, 0.15) is 5.82 Å². The minimum Gasteiger partial charge on any atom is -0.377 e. The SMILES string of the molecule is Clc1ccc(Br)cc1NCc1nnc2n1CCCC2. The molecule has 1 aromatic carbocycles. The van der Waals surface area contributed by atoms with Crippen LogP contribution in [0.4, 0.5) is 5.69 Å². The number of anilines is 1. The molecule has 0 atom stereocenters. The number of aryl methyl sites for hydroxylation is 1. The van der Waals surface area contributed by atoms with Gasteiger partial charge < -0.3 is 9.88 Å². The van der Waals surface area contributed by atoms with Gasteiger partial charge in [0.15, 0.2) is 5.82 Å². The molecule has 0 unspecified atom stereocenters. The van der Waals surface area contributed by atoms with Crippen LogP contribution in [-0.2, 0) is 19.5 Å². The largest absolute Gasteiger partial charge is 0.377 e. The molecule has 1 aliphatic heterocycles. The lowest BCUT2D eigenvalue weighted by Gasteiger charge is -2.15. The molecule has 1 aromatic heterocycles. The second-order valence-electron chi connectivity index (χ2n) is 4.62. The Labute approximate surface area is 125 Å². The van der Waals surface area contributed by atoms with Crippen molar-refractivity contribution in [1.29, 1.82) is 0 Å². The Bertz CT molecular complexity index is 596. The number of hydrogen-bond donors (Lipinski definition) is 1. The smallest absolute Gasteiger partial charge is 0.152 e. The predicted molar refractivity (Wildman–Crippen MR) is 79.4 cm³/mol. The van der Waals surface area contributed by atoms with E-state index in [-0.39, 0.29) is 0 Å². The highest BCUT2D eigenvalue weighted by atomic mass is 79.9. The second-order valence-corrected chi connectivity index (χ2v) is 5.94. The molecule has 2 heterocycles. The average Bonchev–Trinajstić information content (AvgIpc) is 2.83. The standard InChI is InChI=1S/C13H14BrClN4/c14-9-4-5-10(15)11(7-9)16-8-13-18-17-12-3-1-2-6-19(12)13/h4-5,7,16H,1-3,6,8H2. The van der Waals surface area contributed by atoms with Crippen molar-refractivity contribution in [2.45, 2.75) is 32.4 Å². The Hall–Kier alpha value is -1.07. The maximum atomic E-state index is 6.15. The molecule has 0 saturated heterocycles. The van der Waals surface area contributed by atoms with Crippen molar-refractivity contribution in [3.63, 3.8) is 0 Å². The molecular weight excluding hydrogens is 328 g/mol. The van der Waals surface area contributed by atoms with E-state index in [9.17, 15) is 0 Å². The third kappa shape index (κ3) is 2.77. The summed E-state index contributed by atoms with van der Waals surface area (Å²) in [6, 6.07) is 5.76. The van der Waals surface area contributed by atoms with Crippen LogP contribution in [0.2, 0.25) is 5.02 Å². The van der Waals surface area contributed by atoms with Crippen LogP contribution in [0, 0.1) is 0 Å². The Morgan fingerprint density at radius 3 is 3.11 bits per heavy atom. The van der Waals surface area contributed by atoms with Crippen LogP contribution in [-0.4, -0.2) is 14.8 Å². The van der Waals surface area contributed by atoms with Crippen molar-refractivity contribution in [1.82, 2.24) is 14.8 Å². The first kappa shape index (κ1) is 12.9. The molecule has 4 nitrogen and oxygen atoms in total. The van der Waals surface area contributed by atoms with Gasteiger partial charge in [-0.2, -0.15) is 0 Å². The van der Waals surface area contributed by atoms with E-state index in [1.807, 2.05) is 18.2 Å². The fourth-order valence-corrected chi connectivity index (χ4v) is 2.85. The number of nitrogens with zero attached hydrogens (tertiary/aromatic N) is 3. The molecule has 6 heteroatoms. The van der Waals surface area contributed by atoms with Crippen LogP contribution < -0.4 is 5.32 Å². The van der Waals surface area contributed by atoms with Gasteiger partial charge in [0.05, 0.1) is 17.3 Å². The number of hydrogen-bond acceptors (Lipinski definition) is 3. The number of benzene rings is 1. The first-order chi connectivity index (χ1) is 9.24. The zero-order valence-corrected chi connectivity index (χ0v) is 12.7. The summed E-state index contributed by atoms with van der Waals surface area (Å²) in [5.41, 5.74) is 0.907. The van der Waals surface area contributed by atoms with E-state index in [2.05, 4.69) is 36.0 Å². The normalized spacial score (nSPS) is 14.2. The zero-order chi connectivity index (χ0) is 13.2. The number of rotatable bonds is 3. The lowest BCUT2D eigenvalue weighted by molar-refractivity contribution is 0.510. The van der Waals surface area contributed by atoms with E-state index in [0.29, 0.717) is 11.6 Å². The number of aromatic nitrogens is 3. The summed E-state index contributed by atoms with van der Waals surface area (Å²) in [7, 11) is 0. The number of nitrogens with one attached hydrogen (secondary N) is 1. The first-order valence-electron chi connectivity index (χ1n) is 6.34. The van der Waals surface area contributed by atoms with Gasteiger partial charge in [-0.3, -0.25) is 0 Å². The maximum absolute atomic E-state index is 6.15. The van der Waals surface area contributed by atoms with Gasteiger partial charge >= 0.3 is 0 Å². The van der Waals surface area contributed by atoms with E-state index >= 15 is 0 Å². The van der Waals surface area contributed by atoms with Gasteiger partial charge in [-0.15, -0.1) is 10.2 Å². The quantitative estimate of drug-likeness (QED) is 0.927. The minimum atomic E-state index is 0.642. The van der Waals surface area contributed by atoms with Crippen molar-refractivity contribution in [2.75, 3.05) is 5.32 Å². The fraction of sp³-hybridized carbons (Fsp3) is 0.385. The third-order valence-electron chi connectivity index (χ3n) is 3.30. The monoisotopic (exact) mass is 340 g/mol. The Morgan fingerprint density at radius 2 is 2.21 bits per heavy atom. The van der Waals surface area contributed by atoms with Crippen LogP contribution in [0.5, 0.6) is 0 Å². The molecule has 0 amide bonds. The van der Waals surface area contributed by atoms with Crippen molar-refractivity contribution in [3.8, 4) is 0 Å². The Kier molecular flexibility index (Phi) is 3.75. The minimum absolute atomic E-state index is 0.642. The molecule has 0 radical (unpaired) electrons. The molecular formula is C13H14BrClN4. The summed E-state index contributed by atoms with van der Waals surface area (Å²) in [5.74, 6) is 2.08. The van der Waals surface area contributed by atoms with Crippen LogP contribution in [0.3, 0.4) is 0 Å². The van der Waals surface area contributed by atoms with Crippen LogP contribution in [0.15, 0.2) is 22.7 Å². The lowest BCUT2D eigenvalue weighted by atomic mass is 10.2. The maximum Gasteiger partial charge on any atom is 0.152 e. The average molecular weight is 342 g/mol. The van der Waals surface area contributed by atoms with E-state index in [1.165, 1.54) is 12.8 Å². The van der Waals surface area contributed by atoms with E-state index in [1.54, 1.807) is 0 Å². The molecule has 1 aliphatic rings. The molecule has 2 aromatic rings. The van der Waals surface area contributed by atoms with Crippen LogP contribution >= 0.6 is 27.5 Å². The van der Waals surface area contributed by atoms with Gasteiger partial charge in [0, 0.05) is 17.4 Å². The summed E-state index contributed by atoms with van der Waals surface area (Å²) < 4.78 is 3.21. The summed E-state index contributed by atoms with van der Waals surface area (Å²) in [6.45, 7) is 1.66. The van der Waals surface area contributed by atoms with Gasteiger partial charge in [-0.1, -0.05) is 27.5 Å². The summed E-state index contributed by atoms with van der Waals surface area (Å²) in [4.78, 5) is 0. The highest BCUT2D eigenvalue weighted by Crippen LogP contribution is 2.26. The first-order valence-corrected chi connectivity index (χ1v) is 7.51. The van der Waals surface area contributed by atoms with Crippen molar-refractivity contribution >= 4 is 33.2 Å². The van der Waals surface area contributed by atoms with Crippen molar-refractivity contribution in [3.05, 3.63) is 39.3 Å². The van der Waals surface area contributed by atoms with Crippen LogP contribution in [0.25, 0.3) is 0 Å². The zero-order valence-electron chi connectivity index (χ0n) is 10.4. The fourth-order valence-electron chi connectivity index (χ4n) is 2.31. The molecule has 1 N–H and O–H groups in total. The van der Waals surface area contributed by atoms with E-state index in [0.717, 1.165) is 34.8 Å². The Balaban J connectivity index is 1.75. The molecule has 3 rings (SSSR count). The van der Waals surface area contributed by atoms with Crippen LogP contribution in [0.1, 0.15) is 24.5 Å². The molecule has 0 aliphatic carbocycles. The van der Waals surface area contributed by atoms with Crippen molar-refractivity contribution in [2.24, 2.45) is 0 Å². The highest BCUT2D eigenvalue weighted by Gasteiger charge is 2.15. The van der Waals surface area contributed by atoms with Gasteiger partial charge in [0.25, 0.3) is 0 Å². The predicted octanol–water partition coefficient (Wildman–Crippen LogP) is 3.64.